The molecule has 0 unspecified atom stereocenters. The molecule has 0 bridgehead atoms. The zero-order valence-electron chi connectivity index (χ0n) is 6.83. The van der Waals surface area contributed by atoms with Gasteiger partial charge in [0.2, 0.25) is 0 Å². The summed E-state index contributed by atoms with van der Waals surface area (Å²) in [5.41, 5.74) is 0.797. The first-order chi connectivity index (χ1) is 6.60. The molecule has 1 aromatic carbocycles. The number of rotatable bonds is 2. The molecule has 14 heavy (non-hydrogen) atoms. The number of benzene rings is 1. The second-order valence-electron chi connectivity index (χ2n) is 2.47. The molecule has 0 saturated carbocycles. The number of hydrogen-bond acceptors (Lipinski definition) is 3. The minimum absolute atomic E-state index is 0.0692. The fraction of sp³-hybridized carbons (Fsp3) is 0.125. The predicted molar refractivity (Wildman–Crippen MR) is 60.1 cm³/mol. The highest BCUT2D eigenvalue weighted by Gasteiger charge is 2.16. The van der Waals surface area contributed by atoms with Crippen LogP contribution in [0.1, 0.15) is 11.1 Å². The van der Waals surface area contributed by atoms with E-state index in [0.717, 1.165) is 0 Å². The Labute approximate surface area is 98.8 Å². The molecule has 1 aromatic rings. The van der Waals surface area contributed by atoms with Crippen molar-refractivity contribution in [1.82, 2.24) is 0 Å². The van der Waals surface area contributed by atoms with Crippen LogP contribution in [0, 0.1) is 25.0 Å². The van der Waals surface area contributed by atoms with Gasteiger partial charge in [0, 0.05) is 11.9 Å². The summed E-state index contributed by atoms with van der Waals surface area (Å²) >= 11 is 7.45. The van der Waals surface area contributed by atoms with Crippen LogP contribution in [0.25, 0.3) is 0 Å². The third-order valence-electron chi connectivity index (χ3n) is 1.60. The monoisotopic (exact) mass is 322 g/mol. The van der Waals surface area contributed by atoms with E-state index in [-0.39, 0.29) is 17.1 Å². The third kappa shape index (κ3) is 2.13. The highest BCUT2D eigenvalue weighted by molar-refractivity contribution is 14.1. The standard InChI is InChI=1S/C8H4ClIN2O2/c9-3-6-1-5(4-11)2-7(8(6)10)12(13)14/h1-2H,3H2. The zero-order chi connectivity index (χ0) is 10.7. The summed E-state index contributed by atoms with van der Waals surface area (Å²) in [7, 11) is 0. The summed E-state index contributed by atoms with van der Waals surface area (Å²) in [6.45, 7) is 0. The Bertz CT molecular complexity index is 428. The van der Waals surface area contributed by atoms with Gasteiger partial charge in [-0.3, -0.25) is 10.1 Å². The molecule has 72 valence electrons. The lowest BCUT2D eigenvalue weighted by Gasteiger charge is -2.01. The summed E-state index contributed by atoms with van der Waals surface area (Å²) in [4.78, 5) is 10.1. The van der Waals surface area contributed by atoms with Crippen LogP contribution in [0.3, 0.4) is 0 Å². The van der Waals surface area contributed by atoms with Gasteiger partial charge in [0.1, 0.15) is 0 Å². The summed E-state index contributed by atoms with van der Waals surface area (Å²) < 4.78 is 0.488. The Hall–Kier alpha value is -0.870. The lowest BCUT2D eigenvalue weighted by Crippen LogP contribution is -1.96. The van der Waals surface area contributed by atoms with Crippen LogP contribution in [0.4, 0.5) is 5.69 Å². The average Bonchev–Trinajstić information content (AvgIpc) is 2.17. The molecule has 0 aliphatic heterocycles. The van der Waals surface area contributed by atoms with E-state index in [1.807, 2.05) is 28.7 Å². The van der Waals surface area contributed by atoms with E-state index < -0.39 is 4.92 Å². The molecule has 0 saturated heterocycles. The number of nitro groups is 1. The van der Waals surface area contributed by atoms with E-state index in [1.54, 1.807) is 6.07 Å². The number of alkyl halides is 1. The lowest BCUT2D eigenvalue weighted by atomic mass is 10.1. The average molecular weight is 322 g/mol. The van der Waals surface area contributed by atoms with Crippen molar-refractivity contribution in [3.8, 4) is 6.07 Å². The van der Waals surface area contributed by atoms with E-state index in [9.17, 15) is 10.1 Å². The van der Waals surface area contributed by atoms with Gasteiger partial charge in [-0.2, -0.15) is 5.26 Å². The van der Waals surface area contributed by atoms with E-state index in [2.05, 4.69) is 0 Å². The quantitative estimate of drug-likeness (QED) is 0.364. The topological polar surface area (TPSA) is 66.9 Å². The Kier molecular flexibility index (Phi) is 3.66. The van der Waals surface area contributed by atoms with Crippen LogP contribution in [0.15, 0.2) is 12.1 Å². The van der Waals surface area contributed by atoms with Gasteiger partial charge in [0.05, 0.1) is 20.1 Å². The molecule has 0 spiro atoms. The smallest absolute Gasteiger partial charge is 0.258 e. The van der Waals surface area contributed by atoms with Crippen LogP contribution in [-0.4, -0.2) is 4.92 Å². The van der Waals surface area contributed by atoms with E-state index in [4.69, 9.17) is 16.9 Å². The Morgan fingerprint density at radius 1 is 1.64 bits per heavy atom. The molecule has 4 nitrogen and oxygen atoms in total. The third-order valence-corrected chi connectivity index (χ3v) is 3.13. The van der Waals surface area contributed by atoms with Crippen molar-refractivity contribution in [3.63, 3.8) is 0 Å². The molecular weight excluding hydrogens is 318 g/mol. The van der Waals surface area contributed by atoms with Gasteiger partial charge in [-0.1, -0.05) is 0 Å². The van der Waals surface area contributed by atoms with Crippen molar-refractivity contribution >= 4 is 39.9 Å². The molecule has 0 radical (unpaired) electrons. The van der Waals surface area contributed by atoms with Gasteiger partial charge in [0.25, 0.3) is 5.69 Å². The molecule has 1 rings (SSSR count). The van der Waals surface area contributed by atoms with Crippen molar-refractivity contribution in [2.24, 2.45) is 0 Å². The Balaban J connectivity index is 3.44. The van der Waals surface area contributed by atoms with Crippen molar-refractivity contribution in [2.45, 2.75) is 5.88 Å². The second-order valence-corrected chi connectivity index (χ2v) is 3.82. The lowest BCUT2D eigenvalue weighted by molar-refractivity contribution is -0.385. The van der Waals surface area contributed by atoms with Crippen molar-refractivity contribution in [2.75, 3.05) is 0 Å². The Morgan fingerprint density at radius 3 is 2.71 bits per heavy atom. The maximum atomic E-state index is 10.6. The summed E-state index contributed by atoms with van der Waals surface area (Å²) in [5.74, 6) is 0.161. The maximum absolute atomic E-state index is 10.6. The molecule has 6 heteroatoms. The number of nitriles is 1. The maximum Gasteiger partial charge on any atom is 0.284 e. The molecule has 0 aliphatic rings. The highest BCUT2D eigenvalue weighted by atomic mass is 127. The number of halogens is 2. The highest BCUT2D eigenvalue weighted by Crippen LogP contribution is 2.27. The molecule has 0 N–H and O–H groups in total. The van der Waals surface area contributed by atoms with E-state index in [0.29, 0.717) is 9.13 Å². The molecule has 0 aliphatic carbocycles. The molecule has 0 atom stereocenters. The minimum atomic E-state index is -0.515. The van der Waals surface area contributed by atoms with E-state index >= 15 is 0 Å². The molecule has 0 amide bonds. The van der Waals surface area contributed by atoms with Crippen LogP contribution >= 0.6 is 34.2 Å². The van der Waals surface area contributed by atoms with Gasteiger partial charge in [-0.05, 0) is 34.2 Å². The summed E-state index contributed by atoms with van der Waals surface area (Å²) in [5, 5.41) is 19.2. The fourth-order valence-corrected chi connectivity index (χ4v) is 2.10. The van der Waals surface area contributed by atoms with Gasteiger partial charge < -0.3 is 0 Å². The largest absolute Gasteiger partial charge is 0.284 e. The van der Waals surface area contributed by atoms with Crippen LogP contribution in [-0.2, 0) is 5.88 Å². The van der Waals surface area contributed by atoms with Crippen molar-refractivity contribution in [1.29, 1.82) is 5.26 Å². The van der Waals surface area contributed by atoms with Gasteiger partial charge in [0.15, 0.2) is 0 Å². The first-order valence-corrected chi connectivity index (χ1v) is 5.14. The SMILES string of the molecule is N#Cc1cc(CCl)c(I)c([N+](=O)[O-])c1. The Morgan fingerprint density at radius 2 is 2.29 bits per heavy atom. The van der Waals surface area contributed by atoms with Crippen LogP contribution < -0.4 is 0 Å². The van der Waals surface area contributed by atoms with Crippen molar-refractivity contribution < 1.29 is 4.92 Å². The van der Waals surface area contributed by atoms with E-state index in [1.165, 1.54) is 6.07 Å². The van der Waals surface area contributed by atoms with Gasteiger partial charge in [-0.15, -0.1) is 11.6 Å². The molecule has 0 heterocycles. The molecule has 0 fully saturated rings. The normalized spacial score (nSPS) is 9.50. The summed E-state index contributed by atoms with van der Waals surface area (Å²) in [6, 6.07) is 4.66. The van der Waals surface area contributed by atoms with Crippen LogP contribution in [0.2, 0.25) is 0 Å². The number of nitrogens with zero attached hydrogens (tertiary/aromatic N) is 2. The first-order valence-electron chi connectivity index (χ1n) is 3.53. The van der Waals surface area contributed by atoms with Gasteiger partial charge >= 0.3 is 0 Å². The zero-order valence-corrected chi connectivity index (χ0v) is 9.74. The molecular formula is C8H4ClIN2O2. The predicted octanol–water partition coefficient (Wildman–Crippen LogP) is 2.81. The number of nitro benzene ring substituents is 1. The van der Waals surface area contributed by atoms with Gasteiger partial charge in [-0.25, -0.2) is 0 Å². The molecule has 0 aromatic heterocycles. The fourth-order valence-electron chi connectivity index (χ4n) is 0.963. The first kappa shape index (κ1) is 11.2. The van der Waals surface area contributed by atoms with Crippen LogP contribution in [0.5, 0.6) is 0 Å². The summed E-state index contributed by atoms with van der Waals surface area (Å²) in [6.07, 6.45) is 0. The minimum Gasteiger partial charge on any atom is -0.258 e. The van der Waals surface area contributed by atoms with Crippen molar-refractivity contribution in [3.05, 3.63) is 36.9 Å². The second kappa shape index (κ2) is 4.57. The number of hydrogen-bond donors (Lipinski definition) is 0.